The zero-order chi connectivity index (χ0) is 15.9. The molecule has 1 unspecified atom stereocenters. The predicted octanol–water partition coefficient (Wildman–Crippen LogP) is 1.18. The second kappa shape index (κ2) is 5.06. The van der Waals surface area contributed by atoms with Crippen molar-refractivity contribution in [3.8, 4) is 0 Å². The molecule has 0 saturated heterocycles. The van der Waals surface area contributed by atoms with E-state index in [1.54, 1.807) is 0 Å². The molecule has 0 fully saturated rings. The summed E-state index contributed by atoms with van der Waals surface area (Å²) in [6, 6.07) is 9.49. The lowest BCUT2D eigenvalue weighted by Crippen LogP contribution is -2.27. The highest BCUT2D eigenvalue weighted by Gasteiger charge is 2.32. The number of carbonyl (C=O) groups is 1. The monoisotopic (exact) mass is 317 g/mol. The average molecular weight is 317 g/mol. The number of benzene rings is 1. The highest BCUT2D eigenvalue weighted by molar-refractivity contribution is 7.91. The minimum atomic E-state index is -3.10. The van der Waals surface area contributed by atoms with Crippen molar-refractivity contribution in [2.75, 3.05) is 16.9 Å². The molecule has 1 aliphatic heterocycles. The van der Waals surface area contributed by atoms with Gasteiger partial charge < -0.3 is 5.73 Å². The maximum Gasteiger partial charge on any atom is 0.233 e. The maximum atomic E-state index is 12.2. The molecule has 8 heteroatoms. The van der Waals surface area contributed by atoms with Crippen LogP contribution in [0.2, 0.25) is 0 Å². The third-order valence-electron chi connectivity index (χ3n) is 3.41. The molecule has 0 spiro atoms. The summed E-state index contributed by atoms with van der Waals surface area (Å²) in [5, 5.41) is -0.142. The highest BCUT2D eigenvalue weighted by Crippen LogP contribution is 2.32. The number of hydrogen-bond acceptors (Lipinski definition) is 6. The number of nitrogens with one attached hydrogen (secondary N) is 1. The van der Waals surface area contributed by atoms with Crippen LogP contribution in [0.5, 0.6) is 0 Å². The lowest BCUT2D eigenvalue weighted by molar-refractivity contribution is -0.117. The third-order valence-corrected chi connectivity index (χ3v) is 4.29. The smallest absolute Gasteiger partial charge is 0.233 e. The van der Waals surface area contributed by atoms with Crippen LogP contribution in [-0.4, -0.2) is 26.3 Å². The van der Waals surface area contributed by atoms with Crippen molar-refractivity contribution in [1.82, 2.24) is 9.97 Å². The minimum absolute atomic E-state index is 0.116. The third kappa shape index (κ3) is 2.52. The van der Waals surface area contributed by atoms with Crippen LogP contribution in [0.25, 0.3) is 0 Å². The largest absolute Gasteiger partial charge is 0.383 e. The molecule has 114 valence electrons. The van der Waals surface area contributed by atoms with Crippen LogP contribution in [0, 0.1) is 4.78 Å². The van der Waals surface area contributed by atoms with E-state index in [1.807, 2.05) is 30.3 Å². The number of amides is 1. The lowest BCUT2D eigenvalue weighted by atomic mass is 10.2. The average Bonchev–Trinajstić information content (AvgIpc) is 2.77. The number of aromatic nitrogens is 2. The van der Waals surface area contributed by atoms with Crippen molar-refractivity contribution in [2.24, 2.45) is 0 Å². The van der Waals surface area contributed by atoms with Gasteiger partial charge in [-0.1, -0.05) is 30.3 Å². The highest BCUT2D eigenvalue weighted by atomic mass is 32.2. The van der Waals surface area contributed by atoms with E-state index in [9.17, 15) is 9.00 Å². The Balaban J connectivity index is 2.06. The molecule has 1 atom stereocenters. The minimum Gasteiger partial charge on any atom is -0.383 e. The Morgan fingerprint density at radius 3 is 2.64 bits per heavy atom. The van der Waals surface area contributed by atoms with E-state index < -0.39 is 9.73 Å². The van der Waals surface area contributed by atoms with E-state index in [0.717, 1.165) is 5.56 Å². The summed E-state index contributed by atoms with van der Waals surface area (Å²) < 4.78 is 19.5. The van der Waals surface area contributed by atoms with Crippen LogP contribution in [0.3, 0.4) is 0 Å². The quantitative estimate of drug-likeness (QED) is 0.825. The van der Waals surface area contributed by atoms with Crippen molar-refractivity contribution >= 4 is 27.3 Å². The topological polar surface area (TPSA) is 113 Å². The van der Waals surface area contributed by atoms with Gasteiger partial charge in [-0.25, -0.2) is 19.0 Å². The Labute approximate surface area is 128 Å². The first kappa shape index (κ1) is 14.5. The van der Waals surface area contributed by atoms with Crippen molar-refractivity contribution in [1.29, 1.82) is 4.78 Å². The number of anilines is 2. The zero-order valence-corrected chi connectivity index (χ0v) is 12.8. The van der Waals surface area contributed by atoms with Crippen LogP contribution in [0.15, 0.2) is 35.5 Å². The summed E-state index contributed by atoms with van der Waals surface area (Å²) in [6.07, 6.45) is 1.35. The van der Waals surface area contributed by atoms with Gasteiger partial charge >= 0.3 is 0 Å². The van der Waals surface area contributed by atoms with Crippen LogP contribution < -0.4 is 10.6 Å². The number of hydrogen-bond donors (Lipinski definition) is 2. The number of carbonyl (C=O) groups excluding carboxylic acids is 1. The molecule has 1 aliphatic rings. The fraction of sp³-hybridized carbons (Fsp3) is 0.214. The lowest BCUT2D eigenvalue weighted by Gasteiger charge is -2.17. The van der Waals surface area contributed by atoms with Crippen molar-refractivity contribution in [2.45, 2.75) is 18.1 Å². The molecule has 3 N–H and O–H groups in total. The first-order valence-corrected chi connectivity index (χ1v) is 8.57. The second-order valence-electron chi connectivity index (χ2n) is 5.18. The summed E-state index contributed by atoms with van der Waals surface area (Å²) in [6.45, 7) is 0.353. The summed E-state index contributed by atoms with van der Waals surface area (Å²) in [4.78, 5) is 21.8. The molecule has 3 rings (SSSR count). The van der Waals surface area contributed by atoms with E-state index in [0.29, 0.717) is 17.9 Å². The fourth-order valence-corrected chi connectivity index (χ4v) is 2.86. The van der Waals surface area contributed by atoms with Gasteiger partial charge in [-0.05, 0) is 5.56 Å². The molecule has 7 nitrogen and oxygen atoms in total. The van der Waals surface area contributed by atoms with E-state index in [1.165, 1.54) is 11.2 Å². The Morgan fingerprint density at radius 2 is 2.00 bits per heavy atom. The molecule has 1 aromatic carbocycles. The van der Waals surface area contributed by atoms with Gasteiger partial charge in [0.05, 0.1) is 13.0 Å². The van der Waals surface area contributed by atoms with Crippen LogP contribution in [0.1, 0.15) is 11.1 Å². The van der Waals surface area contributed by atoms with Crippen LogP contribution >= 0.6 is 0 Å². The molecule has 0 bridgehead atoms. The molecule has 0 aliphatic carbocycles. The molecule has 22 heavy (non-hydrogen) atoms. The van der Waals surface area contributed by atoms with Crippen LogP contribution in [-0.2, 0) is 27.5 Å². The van der Waals surface area contributed by atoms with Crippen LogP contribution in [0.4, 0.5) is 11.6 Å². The molecule has 0 radical (unpaired) electrons. The maximum absolute atomic E-state index is 12.2. The van der Waals surface area contributed by atoms with Crippen molar-refractivity contribution < 1.29 is 9.00 Å². The van der Waals surface area contributed by atoms with Gasteiger partial charge in [-0.2, -0.15) is 0 Å². The normalized spacial score (nSPS) is 16.4. The van der Waals surface area contributed by atoms with Gasteiger partial charge in [0, 0.05) is 11.8 Å². The van der Waals surface area contributed by atoms with Gasteiger partial charge in [0.1, 0.15) is 21.4 Å². The first-order valence-electron chi connectivity index (χ1n) is 6.61. The summed E-state index contributed by atoms with van der Waals surface area (Å²) in [7, 11) is -3.10. The fourth-order valence-electron chi connectivity index (χ4n) is 2.33. The zero-order valence-electron chi connectivity index (χ0n) is 11.9. The summed E-state index contributed by atoms with van der Waals surface area (Å²) in [5.41, 5.74) is 7.33. The Morgan fingerprint density at radius 1 is 1.32 bits per heavy atom. The molecule has 2 heterocycles. The number of nitrogens with two attached hydrogens (primary N) is 1. The van der Waals surface area contributed by atoms with Gasteiger partial charge in [0.25, 0.3) is 0 Å². The first-order chi connectivity index (χ1) is 10.4. The molecular weight excluding hydrogens is 302 g/mol. The molecule has 1 amide bonds. The molecule has 0 saturated carbocycles. The second-order valence-corrected chi connectivity index (χ2v) is 7.23. The standard InChI is InChI=1S/C14H15N5O2S/c1-22(16,21)14-17-12(15)10-7-11(20)19(13(10)18-14)8-9-5-3-2-4-6-9/h2-6,16H,7-8H2,1H3,(H2,15,17,18). The Kier molecular flexibility index (Phi) is 3.32. The summed E-state index contributed by atoms with van der Waals surface area (Å²) >= 11 is 0. The van der Waals surface area contributed by atoms with Gasteiger partial charge in [0.15, 0.2) is 0 Å². The Bertz CT molecular complexity index is 849. The van der Waals surface area contributed by atoms with E-state index in [4.69, 9.17) is 10.5 Å². The number of nitrogen functional groups attached to an aromatic ring is 1. The van der Waals surface area contributed by atoms with E-state index in [2.05, 4.69) is 9.97 Å². The molecular formula is C14H15N5O2S. The van der Waals surface area contributed by atoms with Gasteiger partial charge in [-0.3, -0.25) is 9.69 Å². The Hall–Kier alpha value is -2.48. The predicted molar refractivity (Wildman–Crippen MR) is 82.8 cm³/mol. The number of fused-ring (bicyclic) bond motifs is 1. The van der Waals surface area contributed by atoms with Crippen molar-refractivity contribution in [3.63, 3.8) is 0 Å². The van der Waals surface area contributed by atoms with Gasteiger partial charge in [0.2, 0.25) is 11.1 Å². The number of rotatable bonds is 3. The summed E-state index contributed by atoms with van der Waals surface area (Å²) in [5.74, 6) is 0.341. The van der Waals surface area contributed by atoms with E-state index in [-0.39, 0.29) is 23.3 Å². The van der Waals surface area contributed by atoms with Crippen molar-refractivity contribution in [3.05, 3.63) is 41.5 Å². The van der Waals surface area contributed by atoms with Gasteiger partial charge in [-0.15, -0.1) is 0 Å². The molecule has 2 aromatic rings. The number of nitrogens with zero attached hydrogens (tertiary/aromatic N) is 3. The SMILES string of the molecule is CS(=N)(=O)c1nc(N)c2c(n1)N(Cc1ccccc1)C(=O)C2. The molecule has 1 aromatic heterocycles. The van der Waals surface area contributed by atoms with E-state index >= 15 is 0 Å².